The number of thioether (sulfide) groups is 1. The number of thiazole rings is 1. The summed E-state index contributed by atoms with van der Waals surface area (Å²) in [6, 6.07) is 28.5. The van der Waals surface area contributed by atoms with Gasteiger partial charge in [0, 0.05) is 11.3 Å². The molecule has 1 heterocycles. The third kappa shape index (κ3) is 5.43. The Labute approximate surface area is 191 Å². The summed E-state index contributed by atoms with van der Waals surface area (Å²) in [5, 5.41) is 2.98. The van der Waals surface area contributed by atoms with Crippen LogP contribution >= 0.6 is 23.1 Å². The fourth-order valence-electron chi connectivity index (χ4n) is 3.21. The number of anilines is 1. The van der Waals surface area contributed by atoms with Crippen LogP contribution in [0.3, 0.4) is 0 Å². The number of amides is 1. The smallest absolute Gasteiger partial charge is 0.234 e. The lowest BCUT2D eigenvalue weighted by Crippen LogP contribution is -2.13. The Bertz CT molecular complexity index is 1080. The number of carbonyl (C=O) groups excluding carboxylic acids is 1. The van der Waals surface area contributed by atoms with Gasteiger partial charge in [0.15, 0.2) is 4.34 Å². The number of carbonyl (C=O) groups is 1. The molecule has 0 spiro atoms. The molecule has 0 saturated carbocycles. The molecular formula is C26H24N2OS2. The summed E-state index contributed by atoms with van der Waals surface area (Å²) in [4.78, 5) is 18.5. The molecule has 0 bridgehead atoms. The van der Waals surface area contributed by atoms with Crippen molar-refractivity contribution in [3.63, 3.8) is 0 Å². The Kier molecular flexibility index (Phi) is 6.85. The van der Waals surface area contributed by atoms with Crippen molar-refractivity contribution in [3.05, 3.63) is 90.5 Å². The summed E-state index contributed by atoms with van der Waals surface area (Å²) in [6.07, 6.45) is 0. The summed E-state index contributed by atoms with van der Waals surface area (Å²) < 4.78 is 0.892. The van der Waals surface area contributed by atoms with Gasteiger partial charge in [0.2, 0.25) is 5.91 Å². The van der Waals surface area contributed by atoms with Gasteiger partial charge in [0.1, 0.15) is 0 Å². The zero-order valence-corrected chi connectivity index (χ0v) is 19.2. The van der Waals surface area contributed by atoms with Crippen molar-refractivity contribution in [2.24, 2.45) is 0 Å². The van der Waals surface area contributed by atoms with Crippen molar-refractivity contribution in [1.82, 2.24) is 4.98 Å². The number of hydrogen-bond acceptors (Lipinski definition) is 4. The molecule has 31 heavy (non-hydrogen) atoms. The topological polar surface area (TPSA) is 42.0 Å². The third-order valence-electron chi connectivity index (χ3n) is 4.88. The average Bonchev–Trinajstić information content (AvgIpc) is 3.24. The second-order valence-corrected chi connectivity index (χ2v) is 9.72. The number of hydrogen-bond donors (Lipinski definition) is 1. The second-order valence-electron chi connectivity index (χ2n) is 7.50. The fraction of sp³-hybridized carbons (Fsp3) is 0.154. The molecule has 0 saturated heterocycles. The Morgan fingerprint density at radius 2 is 1.52 bits per heavy atom. The molecule has 3 nitrogen and oxygen atoms in total. The van der Waals surface area contributed by atoms with Gasteiger partial charge in [-0.3, -0.25) is 4.79 Å². The summed E-state index contributed by atoms with van der Waals surface area (Å²) >= 11 is 3.11. The second kappa shape index (κ2) is 9.94. The standard InChI is InChI=1S/C26H24N2OS2/c1-18(2)19-13-15-22(16-14-19)27-23(29)17-30-26-28-24(20-9-5-3-6-10-20)25(31-26)21-11-7-4-8-12-21/h3-16,18H,17H2,1-2H3,(H,27,29). The van der Waals surface area contributed by atoms with Crippen LogP contribution in [0.5, 0.6) is 0 Å². The Morgan fingerprint density at radius 3 is 2.13 bits per heavy atom. The molecule has 156 valence electrons. The van der Waals surface area contributed by atoms with Crippen LogP contribution in [-0.2, 0) is 4.79 Å². The maximum atomic E-state index is 12.5. The van der Waals surface area contributed by atoms with E-state index in [0.717, 1.165) is 31.7 Å². The maximum Gasteiger partial charge on any atom is 0.234 e. The first kappa shape index (κ1) is 21.3. The van der Waals surface area contributed by atoms with Crippen molar-refractivity contribution in [1.29, 1.82) is 0 Å². The van der Waals surface area contributed by atoms with Crippen LogP contribution < -0.4 is 5.32 Å². The normalized spacial score (nSPS) is 10.9. The van der Waals surface area contributed by atoms with Crippen LogP contribution in [0.25, 0.3) is 21.7 Å². The molecule has 1 N–H and O–H groups in total. The minimum atomic E-state index is -0.0278. The number of nitrogens with one attached hydrogen (secondary N) is 1. The van der Waals surface area contributed by atoms with E-state index < -0.39 is 0 Å². The van der Waals surface area contributed by atoms with Crippen LogP contribution in [0.2, 0.25) is 0 Å². The van der Waals surface area contributed by atoms with Gasteiger partial charge in [-0.15, -0.1) is 11.3 Å². The molecule has 0 aliphatic rings. The van der Waals surface area contributed by atoms with Crippen molar-refractivity contribution in [2.75, 3.05) is 11.1 Å². The highest BCUT2D eigenvalue weighted by Gasteiger charge is 2.16. The number of rotatable bonds is 7. The van der Waals surface area contributed by atoms with E-state index in [9.17, 15) is 4.79 Å². The first-order chi connectivity index (χ1) is 15.1. The number of benzene rings is 3. The highest BCUT2D eigenvalue weighted by Crippen LogP contribution is 2.40. The predicted octanol–water partition coefficient (Wildman–Crippen LogP) is 7.33. The molecule has 0 unspecified atom stereocenters. The van der Waals surface area contributed by atoms with Gasteiger partial charge in [-0.05, 0) is 29.2 Å². The third-order valence-corrected chi connectivity index (χ3v) is 7.13. The van der Waals surface area contributed by atoms with Crippen molar-refractivity contribution >= 4 is 34.7 Å². The van der Waals surface area contributed by atoms with Gasteiger partial charge < -0.3 is 5.32 Å². The van der Waals surface area contributed by atoms with E-state index in [1.807, 2.05) is 48.5 Å². The van der Waals surface area contributed by atoms with Gasteiger partial charge >= 0.3 is 0 Å². The molecule has 3 aromatic carbocycles. The Morgan fingerprint density at radius 1 is 0.903 bits per heavy atom. The van der Waals surface area contributed by atoms with Gasteiger partial charge in [0.05, 0.1) is 16.3 Å². The van der Waals surface area contributed by atoms with Crippen LogP contribution in [0, 0.1) is 0 Å². The minimum Gasteiger partial charge on any atom is -0.325 e. The molecule has 5 heteroatoms. The van der Waals surface area contributed by atoms with Crippen molar-refractivity contribution in [2.45, 2.75) is 24.1 Å². The SMILES string of the molecule is CC(C)c1ccc(NC(=O)CSc2nc(-c3ccccc3)c(-c3ccccc3)s2)cc1. The van der Waals surface area contributed by atoms with Gasteiger partial charge in [-0.2, -0.15) is 0 Å². The van der Waals surface area contributed by atoms with E-state index in [1.165, 1.54) is 17.3 Å². The molecule has 0 radical (unpaired) electrons. The molecule has 4 rings (SSSR count). The monoisotopic (exact) mass is 444 g/mol. The lowest BCUT2D eigenvalue weighted by atomic mass is 10.0. The van der Waals surface area contributed by atoms with Crippen LogP contribution in [0.4, 0.5) is 5.69 Å². The molecule has 0 atom stereocenters. The molecule has 0 aliphatic heterocycles. The van der Waals surface area contributed by atoms with Crippen LogP contribution in [0.15, 0.2) is 89.3 Å². The van der Waals surface area contributed by atoms with Crippen LogP contribution in [0.1, 0.15) is 25.3 Å². The fourth-order valence-corrected chi connectivity index (χ4v) is 5.19. The molecule has 0 aliphatic carbocycles. The van der Waals surface area contributed by atoms with E-state index in [2.05, 4.69) is 55.6 Å². The summed E-state index contributed by atoms with van der Waals surface area (Å²) in [6.45, 7) is 4.32. The Balaban J connectivity index is 1.48. The number of aromatic nitrogens is 1. The van der Waals surface area contributed by atoms with E-state index in [-0.39, 0.29) is 5.91 Å². The molecule has 1 amide bonds. The lowest BCUT2D eigenvalue weighted by molar-refractivity contribution is -0.113. The summed E-state index contributed by atoms with van der Waals surface area (Å²) in [5.74, 6) is 0.768. The molecule has 1 aromatic heterocycles. The van der Waals surface area contributed by atoms with Crippen molar-refractivity contribution < 1.29 is 4.79 Å². The minimum absolute atomic E-state index is 0.0278. The summed E-state index contributed by atoms with van der Waals surface area (Å²) in [5.41, 5.74) is 5.27. The highest BCUT2D eigenvalue weighted by molar-refractivity contribution is 8.01. The quantitative estimate of drug-likeness (QED) is 0.303. The zero-order valence-electron chi connectivity index (χ0n) is 17.5. The first-order valence-corrected chi connectivity index (χ1v) is 12.0. The molecule has 4 aromatic rings. The molecular weight excluding hydrogens is 420 g/mol. The first-order valence-electron chi connectivity index (χ1n) is 10.2. The van der Waals surface area contributed by atoms with Gasteiger partial charge in [-0.25, -0.2) is 4.98 Å². The van der Waals surface area contributed by atoms with Crippen molar-refractivity contribution in [3.8, 4) is 21.7 Å². The molecule has 0 fully saturated rings. The zero-order chi connectivity index (χ0) is 21.6. The summed E-state index contributed by atoms with van der Waals surface area (Å²) in [7, 11) is 0. The lowest BCUT2D eigenvalue weighted by Gasteiger charge is -2.08. The van der Waals surface area contributed by atoms with Gasteiger partial charge in [-0.1, -0.05) is 98.4 Å². The largest absolute Gasteiger partial charge is 0.325 e. The van der Waals surface area contributed by atoms with Crippen LogP contribution in [-0.4, -0.2) is 16.6 Å². The highest BCUT2D eigenvalue weighted by atomic mass is 32.2. The van der Waals surface area contributed by atoms with E-state index >= 15 is 0 Å². The predicted molar refractivity (Wildman–Crippen MR) is 133 cm³/mol. The number of nitrogens with zero attached hydrogens (tertiary/aromatic N) is 1. The maximum absolute atomic E-state index is 12.5. The van der Waals surface area contributed by atoms with E-state index in [1.54, 1.807) is 11.3 Å². The van der Waals surface area contributed by atoms with Gasteiger partial charge in [0.25, 0.3) is 0 Å². The van der Waals surface area contributed by atoms with E-state index in [4.69, 9.17) is 4.98 Å². The Hall–Kier alpha value is -2.89. The average molecular weight is 445 g/mol. The van der Waals surface area contributed by atoms with E-state index in [0.29, 0.717) is 11.7 Å².